The molecule has 96 valence electrons. The average molecular weight is 243 g/mol. The molecule has 0 aliphatic heterocycles. The van der Waals surface area contributed by atoms with Crippen LogP contribution >= 0.6 is 11.8 Å². The molecule has 3 atom stereocenters. The van der Waals surface area contributed by atoms with E-state index < -0.39 is 0 Å². The van der Waals surface area contributed by atoms with E-state index in [4.69, 9.17) is 5.73 Å². The molecule has 16 heavy (non-hydrogen) atoms. The Balaban J connectivity index is 2.27. The quantitative estimate of drug-likeness (QED) is 0.686. The Hall–Kier alpha value is 0.310. The van der Waals surface area contributed by atoms with Crippen LogP contribution in [0, 0.1) is 17.8 Å². The minimum absolute atomic E-state index is 0.828. The van der Waals surface area contributed by atoms with Gasteiger partial charge in [-0.2, -0.15) is 11.8 Å². The van der Waals surface area contributed by atoms with E-state index in [1.54, 1.807) is 0 Å². The topological polar surface area (TPSA) is 26.0 Å². The van der Waals surface area contributed by atoms with E-state index in [1.165, 1.54) is 50.0 Å². The molecule has 0 bridgehead atoms. The van der Waals surface area contributed by atoms with Crippen LogP contribution in [0.4, 0.5) is 0 Å². The molecule has 0 aromatic heterocycles. The van der Waals surface area contributed by atoms with E-state index in [2.05, 4.69) is 25.6 Å². The van der Waals surface area contributed by atoms with Crippen LogP contribution in [0.2, 0.25) is 0 Å². The van der Waals surface area contributed by atoms with Gasteiger partial charge >= 0.3 is 0 Å². The number of hydrogen-bond donors (Lipinski definition) is 1. The van der Waals surface area contributed by atoms with Gasteiger partial charge in [0.25, 0.3) is 0 Å². The lowest BCUT2D eigenvalue weighted by Gasteiger charge is -2.35. The molecule has 1 rings (SSSR count). The highest BCUT2D eigenvalue weighted by Crippen LogP contribution is 2.37. The third-order valence-electron chi connectivity index (χ3n) is 4.20. The van der Waals surface area contributed by atoms with Crippen LogP contribution in [-0.2, 0) is 0 Å². The zero-order valence-electron chi connectivity index (χ0n) is 11.1. The first-order valence-corrected chi connectivity index (χ1v) is 8.25. The van der Waals surface area contributed by atoms with Gasteiger partial charge in [0.1, 0.15) is 0 Å². The second kappa shape index (κ2) is 8.41. The Morgan fingerprint density at radius 3 is 2.62 bits per heavy atom. The van der Waals surface area contributed by atoms with Gasteiger partial charge in [-0.05, 0) is 61.5 Å². The molecule has 0 saturated heterocycles. The molecule has 0 radical (unpaired) electrons. The van der Waals surface area contributed by atoms with Crippen molar-refractivity contribution in [1.82, 2.24) is 0 Å². The van der Waals surface area contributed by atoms with E-state index >= 15 is 0 Å². The Bertz CT molecular complexity index is 172. The molecule has 1 aliphatic rings. The van der Waals surface area contributed by atoms with Crippen molar-refractivity contribution < 1.29 is 0 Å². The predicted molar refractivity (Wildman–Crippen MR) is 75.9 cm³/mol. The van der Waals surface area contributed by atoms with Gasteiger partial charge < -0.3 is 5.73 Å². The van der Waals surface area contributed by atoms with E-state index in [9.17, 15) is 0 Å². The first-order chi connectivity index (χ1) is 7.81. The van der Waals surface area contributed by atoms with E-state index in [0.717, 1.165) is 24.3 Å². The molecule has 2 heteroatoms. The third-order valence-corrected chi connectivity index (χ3v) is 5.18. The summed E-state index contributed by atoms with van der Waals surface area (Å²) in [5.41, 5.74) is 5.91. The highest BCUT2D eigenvalue weighted by atomic mass is 32.2. The fourth-order valence-corrected chi connectivity index (χ4v) is 3.71. The molecule has 3 unspecified atom stereocenters. The van der Waals surface area contributed by atoms with Crippen molar-refractivity contribution in [3.05, 3.63) is 0 Å². The second-order valence-corrected chi connectivity index (χ2v) is 6.58. The Morgan fingerprint density at radius 1 is 1.19 bits per heavy atom. The minimum atomic E-state index is 0.828. The monoisotopic (exact) mass is 243 g/mol. The maximum Gasteiger partial charge on any atom is -0.00462 e. The zero-order valence-corrected chi connectivity index (χ0v) is 11.9. The van der Waals surface area contributed by atoms with Crippen molar-refractivity contribution in [2.24, 2.45) is 23.5 Å². The van der Waals surface area contributed by atoms with Gasteiger partial charge in [-0.1, -0.05) is 26.7 Å². The van der Waals surface area contributed by atoms with Crippen LogP contribution in [0.25, 0.3) is 0 Å². The van der Waals surface area contributed by atoms with Crippen LogP contribution in [0.1, 0.15) is 52.4 Å². The molecule has 1 fully saturated rings. The summed E-state index contributed by atoms with van der Waals surface area (Å²) in [6.45, 7) is 5.51. The molecule has 1 aliphatic carbocycles. The summed E-state index contributed by atoms with van der Waals surface area (Å²) in [6, 6.07) is 0. The van der Waals surface area contributed by atoms with Crippen molar-refractivity contribution in [3.8, 4) is 0 Å². The first-order valence-electron chi connectivity index (χ1n) is 7.09. The third kappa shape index (κ3) is 4.67. The summed E-state index contributed by atoms with van der Waals surface area (Å²) in [5, 5.41) is 0. The number of thioether (sulfide) groups is 1. The largest absolute Gasteiger partial charge is 0.330 e. The summed E-state index contributed by atoms with van der Waals surface area (Å²) in [5.74, 6) is 5.37. The van der Waals surface area contributed by atoms with Crippen LogP contribution in [0.3, 0.4) is 0 Å². The van der Waals surface area contributed by atoms with Gasteiger partial charge in [-0.15, -0.1) is 0 Å². The molecule has 0 amide bonds. The van der Waals surface area contributed by atoms with Gasteiger partial charge in [-0.25, -0.2) is 0 Å². The predicted octanol–water partition coefficient (Wildman–Crippen LogP) is 3.92. The first kappa shape index (κ1) is 14.4. The number of rotatable bonds is 7. The lowest BCUT2D eigenvalue weighted by Crippen LogP contribution is -2.30. The average Bonchev–Trinajstić information content (AvgIpc) is 2.34. The summed E-state index contributed by atoms with van der Waals surface area (Å²) in [7, 11) is 0. The molecular formula is C14H29NS. The molecule has 1 nitrogen and oxygen atoms in total. The number of nitrogens with two attached hydrogens (primary N) is 1. The molecule has 0 aromatic carbocycles. The highest BCUT2D eigenvalue weighted by Gasteiger charge is 2.28. The van der Waals surface area contributed by atoms with Gasteiger partial charge in [0.15, 0.2) is 0 Å². The minimum Gasteiger partial charge on any atom is -0.330 e. The van der Waals surface area contributed by atoms with Crippen molar-refractivity contribution in [2.45, 2.75) is 52.4 Å². The Labute approximate surface area is 106 Å². The highest BCUT2D eigenvalue weighted by molar-refractivity contribution is 7.99. The van der Waals surface area contributed by atoms with Crippen molar-refractivity contribution in [2.75, 3.05) is 18.1 Å². The SMILES string of the molecule is CCSCCCC1CC(CC)CCC1CN. The standard InChI is InChI=1S/C14H29NS/c1-3-12-7-8-14(11-15)13(10-12)6-5-9-16-4-2/h12-14H,3-11,15H2,1-2H3. The molecule has 0 spiro atoms. The van der Waals surface area contributed by atoms with Crippen molar-refractivity contribution in [3.63, 3.8) is 0 Å². The molecule has 2 N–H and O–H groups in total. The summed E-state index contributed by atoms with van der Waals surface area (Å²) >= 11 is 2.08. The molecule has 0 aromatic rings. The van der Waals surface area contributed by atoms with E-state index in [-0.39, 0.29) is 0 Å². The zero-order chi connectivity index (χ0) is 11.8. The maximum absolute atomic E-state index is 5.91. The fourth-order valence-electron chi connectivity index (χ4n) is 3.05. The van der Waals surface area contributed by atoms with Crippen LogP contribution < -0.4 is 5.73 Å². The second-order valence-electron chi connectivity index (χ2n) is 5.18. The maximum atomic E-state index is 5.91. The Kier molecular flexibility index (Phi) is 7.55. The molecule has 1 saturated carbocycles. The lowest BCUT2D eigenvalue weighted by atomic mass is 9.71. The molecular weight excluding hydrogens is 214 g/mol. The van der Waals surface area contributed by atoms with Crippen LogP contribution in [0.5, 0.6) is 0 Å². The summed E-state index contributed by atoms with van der Waals surface area (Å²) in [6.07, 6.45) is 8.47. The van der Waals surface area contributed by atoms with Crippen molar-refractivity contribution in [1.29, 1.82) is 0 Å². The van der Waals surface area contributed by atoms with Gasteiger partial charge in [0.05, 0.1) is 0 Å². The van der Waals surface area contributed by atoms with E-state index in [1.807, 2.05) is 0 Å². The van der Waals surface area contributed by atoms with Gasteiger partial charge in [0, 0.05) is 0 Å². The fraction of sp³-hybridized carbons (Fsp3) is 1.00. The summed E-state index contributed by atoms with van der Waals surface area (Å²) in [4.78, 5) is 0. The van der Waals surface area contributed by atoms with Crippen LogP contribution in [-0.4, -0.2) is 18.1 Å². The Morgan fingerprint density at radius 2 is 2.00 bits per heavy atom. The normalized spacial score (nSPS) is 30.6. The van der Waals surface area contributed by atoms with Gasteiger partial charge in [0.2, 0.25) is 0 Å². The lowest BCUT2D eigenvalue weighted by molar-refractivity contribution is 0.170. The van der Waals surface area contributed by atoms with Crippen LogP contribution in [0.15, 0.2) is 0 Å². The molecule has 0 heterocycles. The summed E-state index contributed by atoms with van der Waals surface area (Å²) < 4.78 is 0. The van der Waals surface area contributed by atoms with E-state index in [0.29, 0.717) is 0 Å². The number of hydrogen-bond acceptors (Lipinski definition) is 2. The van der Waals surface area contributed by atoms with Crippen molar-refractivity contribution >= 4 is 11.8 Å². The smallest absolute Gasteiger partial charge is 0.00462 e. The van der Waals surface area contributed by atoms with Gasteiger partial charge in [-0.3, -0.25) is 0 Å².